The zero-order chi connectivity index (χ0) is 15.4. The van der Waals surface area contributed by atoms with Gasteiger partial charge in [0.25, 0.3) is 5.97 Å². The lowest BCUT2D eigenvalue weighted by atomic mass is 10.2. The zero-order valence-electron chi connectivity index (χ0n) is 12.8. The van der Waals surface area contributed by atoms with Crippen molar-refractivity contribution in [3.63, 3.8) is 0 Å². The molecular weight excluding hydrogens is 236 g/mol. The van der Waals surface area contributed by atoms with Gasteiger partial charge in [-0.3, -0.25) is 4.79 Å². The van der Waals surface area contributed by atoms with Gasteiger partial charge in [0.1, 0.15) is 0 Å². The maximum absolute atomic E-state index is 9.00. The second-order valence-corrected chi connectivity index (χ2v) is 3.67. The van der Waals surface area contributed by atoms with Crippen molar-refractivity contribution in [2.45, 2.75) is 59.5 Å². The van der Waals surface area contributed by atoms with Crippen LogP contribution in [0.25, 0.3) is 0 Å². The topological polar surface area (TPSA) is 87.0 Å². The highest BCUT2D eigenvalue weighted by Gasteiger charge is 1.83. The molecule has 0 bridgehead atoms. The molecule has 1 atom stereocenters. The highest BCUT2D eigenvalue weighted by Crippen LogP contribution is 1.95. The van der Waals surface area contributed by atoms with Crippen molar-refractivity contribution < 1.29 is 24.9 Å². The summed E-state index contributed by atoms with van der Waals surface area (Å²) in [6.45, 7) is 6.94. The number of aliphatic hydroxyl groups is 2. The molecule has 5 heteroatoms. The summed E-state index contributed by atoms with van der Waals surface area (Å²) in [5, 5.41) is 23.4. The number of unbranched alkanes of at least 4 members (excludes halogenated alkanes) is 3. The first kappa shape index (κ1) is 26.0. The van der Waals surface area contributed by atoms with Crippen LogP contribution >= 0.6 is 0 Å². The molecule has 0 aromatic carbocycles. The lowest BCUT2D eigenvalue weighted by molar-refractivity contribution is -0.134. The lowest BCUT2D eigenvalue weighted by Gasteiger charge is -1.90. The van der Waals surface area contributed by atoms with Crippen molar-refractivity contribution in [2.75, 3.05) is 20.8 Å². The molecule has 0 amide bonds. The van der Waals surface area contributed by atoms with Gasteiger partial charge >= 0.3 is 0 Å². The maximum atomic E-state index is 9.00. The Hall–Kier alpha value is -0.650. The second-order valence-electron chi connectivity index (χ2n) is 3.67. The summed E-state index contributed by atoms with van der Waals surface area (Å²) in [4.78, 5) is 9.00. The number of carboxylic acids is 1. The van der Waals surface area contributed by atoms with Gasteiger partial charge in [-0.2, -0.15) is 0 Å². The predicted octanol–water partition coefficient (Wildman–Crippen LogP) is 2.30. The number of hydrogen-bond donors (Lipinski definition) is 3. The van der Waals surface area contributed by atoms with Gasteiger partial charge in [0, 0.05) is 21.1 Å². The minimum absolute atomic E-state index is 0.139. The molecule has 0 aliphatic rings. The molecule has 18 heavy (non-hydrogen) atoms. The number of methoxy groups -OCH3 is 1. The quantitative estimate of drug-likeness (QED) is 0.681. The number of aliphatic hydroxyl groups excluding tert-OH is 2. The van der Waals surface area contributed by atoms with E-state index in [4.69, 9.17) is 20.1 Å². The van der Waals surface area contributed by atoms with E-state index in [-0.39, 0.29) is 6.61 Å². The van der Waals surface area contributed by atoms with E-state index in [9.17, 15) is 0 Å². The van der Waals surface area contributed by atoms with E-state index in [0.29, 0.717) is 0 Å². The molecule has 3 N–H and O–H groups in total. The molecule has 0 aromatic heterocycles. The molecule has 0 aromatic rings. The minimum Gasteiger partial charge on any atom is -0.481 e. The van der Waals surface area contributed by atoms with Gasteiger partial charge in [-0.05, 0) is 6.92 Å². The monoisotopic (exact) mass is 268 g/mol. The number of carboxylic acid groups (broad SMARTS) is 1. The van der Waals surface area contributed by atoms with E-state index in [1.165, 1.54) is 32.6 Å². The number of hydrogen-bond acceptors (Lipinski definition) is 4. The summed E-state index contributed by atoms with van der Waals surface area (Å²) < 4.78 is 4.25. The van der Waals surface area contributed by atoms with Crippen LogP contribution in [0.15, 0.2) is 0 Å². The van der Waals surface area contributed by atoms with Crippen molar-refractivity contribution in [3.8, 4) is 0 Å². The Kier molecular flexibility index (Phi) is 43.2. The Morgan fingerprint density at radius 2 is 1.33 bits per heavy atom. The molecule has 0 spiro atoms. The zero-order valence-corrected chi connectivity index (χ0v) is 12.8. The average Bonchev–Trinajstić information content (AvgIpc) is 2.27. The summed E-state index contributed by atoms with van der Waals surface area (Å²) in [5.41, 5.74) is 0. The fourth-order valence-corrected chi connectivity index (χ4v) is 0.500. The first-order valence-electron chi connectivity index (χ1n) is 6.22. The smallest absolute Gasteiger partial charge is 0.300 e. The van der Waals surface area contributed by atoms with Gasteiger partial charge in [0.05, 0.1) is 12.7 Å². The van der Waals surface area contributed by atoms with E-state index >= 15 is 0 Å². The number of ether oxygens (including phenoxy) is 1. The summed E-state index contributed by atoms with van der Waals surface area (Å²) >= 11 is 0. The van der Waals surface area contributed by atoms with Crippen LogP contribution < -0.4 is 0 Å². The average molecular weight is 268 g/mol. The van der Waals surface area contributed by atoms with Crippen LogP contribution in [-0.4, -0.2) is 48.2 Å². The molecule has 0 fully saturated rings. The summed E-state index contributed by atoms with van der Waals surface area (Å²) in [7, 11) is 3.25. The second kappa shape index (κ2) is 29.9. The van der Waals surface area contributed by atoms with Gasteiger partial charge in [-0.15, -0.1) is 0 Å². The van der Waals surface area contributed by atoms with Crippen LogP contribution in [0, 0.1) is 0 Å². The first-order valence-corrected chi connectivity index (χ1v) is 6.22. The Bertz CT molecular complexity index is 119. The van der Waals surface area contributed by atoms with Gasteiger partial charge in [-0.25, -0.2) is 0 Å². The van der Waals surface area contributed by atoms with Crippen LogP contribution in [0.3, 0.4) is 0 Å². The summed E-state index contributed by atoms with van der Waals surface area (Å²) in [5.74, 6) is -0.833. The number of aliphatic carboxylic acids is 1. The Balaban J connectivity index is -0.0000000750. The fraction of sp³-hybridized carbons (Fsp3) is 0.923. The molecule has 0 aliphatic carbocycles. The van der Waals surface area contributed by atoms with Gasteiger partial charge in [0.2, 0.25) is 0 Å². The van der Waals surface area contributed by atoms with E-state index in [0.717, 1.165) is 6.92 Å². The highest BCUT2D eigenvalue weighted by atomic mass is 16.4. The molecule has 1 unspecified atom stereocenters. The molecule has 0 saturated heterocycles. The van der Waals surface area contributed by atoms with Crippen LogP contribution in [0.4, 0.5) is 0 Å². The third-order valence-corrected chi connectivity index (χ3v) is 1.22. The molecule has 0 rings (SSSR count). The Labute approximate surface area is 112 Å². The normalized spacial score (nSPS) is 9.56. The van der Waals surface area contributed by atoms with Gasteiger partial charge in [-0.1, -0.05) is 39.5 Å². The molecule has 114 valence electrons. The van der Waals surface area contributed by atoms with Gasteiger partial charge < -0.3 is 20.1 Å². The van der Waals surface area contributed by atoms with Crippen LogP contribution in [0.2, 0.25) is 0 Å². The van der Waals surface area contributed by atoms with Crippen LogP contribution in [0.1, 0.15) is 53.4 Å². The fourth-order valence-electron chi connectivity index (χ4n) is 0.500. The number of carbonyl (C=O) groups is 1. The van der Waals surface area contributed by atoms with Crippen molar-refractivity contribution in [1.82, 2.24) is 0 Å². The maximum Gasteiger partial charge on any atom is 0.300 e. The van der Waals surface area contributed by atoms with Crippen molar-refractivity contribution >= 4 is 5.97 Å². The standard InChI is InChI=1S/C6H14.C3H8O2.C2H4O2.C2H6O/c1-3-5-6-4-2;1-3(5)2-4;1-2(3)4;1-3-2/h3-6H2,1-2H3;3-5H,2H2,1H3;1H3,(H,3,4);1-2H3. The first-order chi connectivity index (χ1) is 8.33. The van der Waals surface area contributed by atoms with E-state index in [1.807, 2.05) is 0 Å². The lowest BCUT2D eigenvalue weighted by Crippen LogP contribution is -2.03. The van der Waals surface area contributed by atoms with Crippen molar-refractivity contribution in [3.05, 3.63) is 0 Å². The van der Waals surface area contributed by atoms with E-state index < -0.39 is 12.1 Å². The Morgan fingerprint density at radius 1 is 1.17 bits per heavy atom. The molecular formula is C13H32O5. The molecule has 0 radical (unpaired) electrons. The van der Waals surface area contributed by atoms with Gasteiger partial charge in [0.15, 0.2) is 0 Å². The highest BCUT2D eigenvalue weighted by molar-refractivity contribution is 5.62. The SMILES string of the molecule is CC(=O)O.CC(O)CO.CCCCCC.COC. The number of rotatable bonds is 4. The Morgan fingerprint density at radius 3 is 1.39 bits per heavy atom. The third-order valence-electron chi connectivity index (χ3n) is 1.22. The van der Waals surface area contributed by atoms with Crippen LogP contribution in [0.5, 0.6) is 0 Å². The van der Waals surface area contributed by atoms with Crippen molar-refractivity contribution in [1.29, 1.82) is 0 Å². The molecule has 0 heterocycles. The molecule has 0 saturated carbocycles. The van der Waals surface area contributed by atoms with E-state index in [2.05, 4.69) is 18.6 Å². The van der Waals surface area contributed by atoms with E-state index in [1.54, 1.807) is 14.2 Å². The summed E-state index contributed by atoms with van der Waals surface area (Å²) in [6, 6.07) is 0. The van der Waals surface area contributed by atoms with Crippen LogP contribution in [-0.2, 0) is 9.53 Å². The third kappa shape index (κ3) is 167. The summed E-state index contributed by atoms with van der Waals surface area (Å²) in [6.07, 6.45) is 4.98. The predicted molar refractivity (Wildman–Crippen MR) is 74.8 cm³/mol. The minimum atomic E-state index is -0.833. The van der Waals surface area contributed by atoms with Crippen molar-refractivity contribution in [2.24, 2.45) is 0 Å². The molecule has 0 aliphatic heterocycles. The largest absolute Gasteiger partial charge is 0.481 e. The molecule has 5 nitrogen and oxygen atoms in total.